The number of aliphatic carboxylic acids is 1. The van der Waals surface area contributed by atoms with E-state index in [-0.39, 0.29) is 0 Å². The minimum atomic E-state index is -3.20. The molecule has 1 aliphatic rings. The molecule has 1 N–H and O–H groups in total. The molecule has 0 saturated carbocycles. The standard InChI is InChI=1S/C17H24Cl2N2O4S/c1-17(16(22)23,13-4-5-14(18)15(19)12-13)6-9-20-7-3-8-21(11-10-20)26(2,24)25/h4-5,12H,3,6-11H2,1-2H3,(H,22,23). The summed E-state index contributed by atoms with van der Waals surface area (Å²) >= 11 is 12.0. The first-order valence-corrected chi connectivity index (χ1v) is 11.0. The van der Waals surface area contributed by atoms with Crippen LogP contribution in [0.5, 0.6) is 0 Å². The van der Waals surface area contributed by atoms with Crippen LogP contribution < -0.4 is 0 Å². The number of hydrogen-bond acceptors (Lipinski definition) is 4. The number of hydrogen-bond donors (Lipinski definition) is 1. The Kier molecular flexibility index (Phi) is 6.96. The molecule has 1 aliphatic heterocycles. The normalized spacial score (nSPS) is 19.7. The van der Waals surface area contributed by atoms with Crippen LogP contribution in [0.1, 0.15) is 25.3 Å². The third-order valence-corrected chi connectivity index (χ3v) is 7.02. The van der Waals surface area contributed by atoms with E-state index in [1.165, 1.54) is 10.6 Å². The van der Waals surface area contributed by atoms with Gasteiger partial charge in [-0.25, -0.2) is 12.7 Å². The maximum Gasteiger partial charge on any atom is 0.313 e. The van der Waals surface area contributed by atoms with Gasteiger partial charge in [-0.15, -0.1) is 0 Å². The first kappa shape index (κ1) is 21.4. The fourth-order valence-corrected chi connectivity index (χ4v) is 4.27. The molecular weight excluding hydrogens is 399 g/mol. The largest absolute Gasteiger partial charge is 0.481 e. The van der Waals surface area contributed by atoms with E-state index in [4.69, 9.17) is 23.2 Å². The minimum Gasteiger partial charge on any atom is -0.481 e. The van der Waals surface area contributed by atoms with E-state index in [1.54, 1.807) is 25.1 Å². The number of benzene rings is 1. The third kappa shape index (κ3) is 5.10. The van der Waals surface area contributed by atoms with Gasteiger partial charge in [0.05, 0.1) is 21.7 Å². The number of carbonyl (C=O) groups is 1. The number of rotatable bonds is 6. The van der Waals surface area contributed by atoms with Crippen LogP contribution in [0.15, 0.2) is 18.2 Å². The molecule has 1 fully saturated rings. The molecule has 1 aromatic carbocycles. The van der Waals surface area contributed by atoms with E-state index in [9.17, 15) is 18.3 Å². The van der Waals surface area contributed by atoms with Crippen LogP contribution in [0.25, 0.3) is 0 Å². The third-order valence-electron chi connectivity index (χ3n) is 4.97. The van der Waals surface area contributed by atoms with Crippen LogP contribution in [0, 0.1) is 0 Å². The van der Waals surface area contributed by atoms with Crippen molar-refractivity contribution in [1.29, 1.82) is 0 Å². The lowest BCUT2D eigenvalue weighted by molar-refractivity contribution is -0.143. The maximum absolute atomic E-state index is 12.0. The lowest BCUT2D eigenvalue weighted by Crippen LogP contribution is -2.39. The summed E-state index contributed by atoms with van der Waals surface area (Å²) in [5.41, 5.74) is -0.496. The molecule has 26 heavy (non-hydrogen) atoms. The van der Waals surface area contributed by atoms with Gasteiger partial charge in [-0.1, -0.05) is 29.3 Å². The molecule has 0 radical (unpaired) electrons. The highest BCUT2D eigenvalue weighted by molar-refractivity contribution is 7.88. The molecule has 0 spiro atoms. The van der Waals surface area contributed by atoms with Crippen LogP contribution in [-0.4, -0.2) is 67.7 Å². The lowest BCUT2D eigenvalue weighted by atomic mass is 9.79. The molecule has 6 nitrogen and oxygen atoms in total. The van der Waals surface area contributed by atoms with Gasteiger partial charge in [0, 0.05) is 19.6 Å². The lowest BCUT2D eigenvalue weighted by Gasteiger charge is -2.29. The second-order valence-electron chi connectivity index (χ2n) is 6.87. The highest BCUT2D eigenvalue weighted by Crippen LogP contribution is 2.33. The monoisotopic (exact) mass is 422 g/mol. The van der Waals surface area contributed by atoms with Crippen molar-refractivity contribution in [3.8, 4) is 0 Å². The molecule has 1 saturated heterocycles. The zero-order valence-corrected chi connectivity index (χ0v) is 17.2. The van der Waals surface area contributed by atoms with Gasteiger partial charge in [0.1, 0.15) is 0 Å². The second-order valence-corrected chi connectivity index (χ2v) is 9.67. The summed E-state index contributed by atoms with van der Waals surface area (Å²) < 4.78 is 24.9. The molecule has 0 aromatic heterocycles. The first-order chi connectivity index (χ1) is 12.0. The van der Waals surface area contributed by atoms with Crippen LogP contribution in [-0.2, 0) is 20.2 Å². The molecule has 146 valence electrons. The molecule has 1 heterocycles. The summed E-state index contributed by atoms with van der Waals surface area (Å²) in [5, 5.41) is 10.5. The van der Waals surface area contributed by atoms with Gasteiger partial charge in [0.25, 0.3) is 0 Å². The molecule has 1 unspecified atom stereocenters. The SMILES string of the molecule is CC(CCN1CCCN(S(C)(=O)=O)CC1)(C(=O)O)c1ccc(Cl)c(Cl)c1. The van der Waals surface area contributed by atoms with Crippen molar-refractivity contribution in [1.82, 2.24) is 9.21 Å². The number of carboxylic acid groups (broad SMARTS) is 1. The highest BCUT2D eigenvalue weighted by atomic mass is 35.5. The van der Waals surface area contributed by atoms with Crippen molar-refractivity contribution in [3.63, 3.8) is 0 Å². The number of sulfonamides is 1. The average molecular weight is 423 g/mol. The first-order valence-electron chi connectivity index (χ1n) is 8.40. The number of halogens is 2. The van der Waals surface area contributed by atoms with Gasteiger partial charge >= 0.3 is 5.97 Å². The van der Waals surface area contributed by atoms with Gasteiger partial charge in [0.2, 0.25) is 10.0 Å². The second kappa shape index (κ2) is 8.44. The molecule has 1 aromatic rings. The summed E-state index contributed by atoms with van der Waals surface area (Å²) in [4.78, 5) is 14.1. The smallest absolute Gasteiger partial charge is 0.313 e. The van der Waals surface area contributed by atoms with E-state index in [2.05, 4.69) is 4.90 Å². The molecule has 9 heteroatoms. The van der Waals surface area contributed by atoms with Crippen LogP contribution in [0.2, 0.25) is 10.0 Å². The summed E-state index contributed by atoms with van der Waals surface area (Å²) in [5.74, 6) is -0.927. The number of carboxylic acids is 1. The predicted octanol–water partition coefficient (Wildman–Crippen LogP) is 2.69. The zero-order valence-electron chi connectivity index (χ0n) is 14.9. The number of nitrogens with zero attached hydrogens (tertiary/aromatic N) is 2. The summed E-state index contributed by atoms with van der Waals surface area (Å²) in [7, 11) is -3.20. The van der Waals surface area contributed by atoms with Gasteiger partial charge in [-0.2, -0.15) is 0 Å². The van der Waals surface area contributed by atoms with Gasteiger partial charge in [0.15, 0.2) is 0 Å². The Labute approximate surface area is 164 Å². The van der Waals surface area contributed by atoms with Crippen molar-refractivity contribution in [3.05, 3.63) is 33.8 Å². The Morgan fingerprint density at radius 3 is 2.46 bits per heavy atom. The van der Waals surface area contributed by atoms with Gasteiger partial charge in [-0.05, 0) is 50.6 Å². The maximum atomic E-state index is 12.0. The zero-order chi connectivity index (χ0) is 19.5. The van der Waals surface area contributed by atoms with E-state index in [1.807, 2.05) is 0 Å². The average Bonchev–Trinajstić information content (AvgIpc) is 2.80. The van der Waals surface area contributed by atoms with E-state index in [0.717, 1.165) is 13.0 Å². The summed E-state index contributed by atoms with van der Waals surface area (Å²) in [6.07, 6.45) is 2.33. The molecule has 0 bridgehead atoms. The fourth-order valence-electron chi connectivity index (χ4n) is 3.10. The fraction of sp³-hybridized carbons (Fsp3) is 0.588. The Hall–Kier alpha value is -0.860. The minimum absolute atomic E-state index is 0.329. The topological polar surface area (TPSA) is 77.9 Å². The van der Waals surface area contributed by atoms with Crippen molar-refractivity contribution in [2.45, 2.75) is 25.2 Å². The Morgan fingerprint density at radius 2 is 1.88 bits per heavy atom. The van der Waals surface area contributed by atoms with Gasteiger partial charge < -0.3 is 10.0 Å². The van der Waals surface area contributed by atoms with Gasteiger partial charge in [-0.3, -0.25) is 4.79 Å². The van der Waals surface area contributed by atoms with Crippen molar-refractivity contribution >= 4 is 39.2 Å². The molecule has 2 rings (SSSR count). The van der Waals surface area contributed by atoms with Crippen molar-refractivity contribution in [2.75, 3.05) is 39.0 Å². The van der Waals surface area contributed by atoms with Crippen LogP contribution in [0.3, 0.4) is 0 Å². The van der Waals surface area contributed by atoms with E-state index >= 15 is 0 Å². The molecule has 0 amide bonds. The van der Waals surface area contributed by atoms with Crippen LogP contribution >= 0.6 is 23.2 Å². The summed E-state index contributed by atoms with van der Waals surface area (Å²) in [6.45, 7) is 4.48. The predicted molar refractivity (Wildman–Crippen MR) is 104 cm³/mol. The molecular formula is C17H24Cl2N2O4S. The van der Waals surface area contributed by atoms with Crippen molar-refractivity contribution < 1.29 is 18.3 Å². The van der Waals surface area contributed by atoms with E-state index in [0.29, 0.717) is 48.2 Å². The quantitative estimate of drug-likeness (QED) is 0.762. The molecule has 1 atom stereocenters. The Bertz CT molecular complexity index is 772. The van der Waals surface area contributed by atoms with Crippen molar-refractivity contribution in [2.24, 2.45) is 0 Å². The Balaban J connectivity index is 2.09. The molecule has 0 aliphatic carbocycles. The summed E-state index contributed by atoms with van der Waals surface area (Å²) in [6, 6.07) is 4.90. The van der Waals surface area contributed by atoms with Crippen LogP contribution in [0.4, 0.5) is 0 Å². The Morgan fingerprint density at radius 1 is 1.19 bits per heavy atom. The van der Waals surface area contributed by atoms with E-state index < -0.39 is 21.4 Å². The highest BCUT2D eigenvalue weighted by Gasteiger charge is 2.36.